The second-order valence-electron chi connectivity index (χ2n) is 0. The molecule has 78 N–H and O–H groups in total. The molecule has 0 heterocycles. The van der Waals surface area contributed by atoms with Crippen LogP contribution in [0.2, 0.25) is 0 Å². The molecule has 0 fully saturated rings. The zero-order valence-corrected chi connectivity index (χ0v) is 52.2. The van der Waals surface area contributed by atoms with Crippen molar-refractivity contribution in [2.75, 3.05) is 0 Å². The first kappa shape index (κ1) is 3380. The van der Waals surface area contributed by atoms with Crippen LogP contribution in [0.15, 0.2) is 0 Å². The Bertz CT molecular complexity index is 35.1. The summed E-state index contributed by atoms with van der Waals surface area (Å²) in [5.41, 5.74) is 0. The molecular weight excluding hydrogens is 2430 g/mol. The van der Waals surface area contributed by atoms with Gasteiger partial charge in [0.1, 0.15) is 0 Å². The van der Waals surface area contributed by atoms with E-state index in [2.05, 4.69) is 0 Å². The van der Waals surface area contributed by atoms with Crippen LogP contribution in [0.25, 0.3) is 0 Å². The smallest absolute Gasteiger partial charge is 0 e. The van der Waals surface area contributed by atoms with Gasteiger partial charge in [-0.05, 0) is 0 Å². The Kier molecular flexibility index (Phi) is 321000. The molecule has 0 saturated carbocycles. The van der Waals surface area contributed by atoms with Gasteiger partial charge in [-0.3, -0.25) is 0 Å². The average Bonchev–Trinajstić information content (AvgIpc) is 1.00. The Morgan fingerprint density at radius 1 is 0.106 bits per heavy atom. The van der Waals surface area contributed by atoms with Crippen LogP contribution in [0.4, 0.5) is 0 Å². The van der Waals surface area contributed by atoms with Gasteiger partial charge in [-0.15, -0.1) is 0 Å². The summed E-state index contributed by atoms with van der Waals surface area (Å²) in [6.07, 6.45) is 0. The summed E-state index contributed by atoms with van der Waals surface area (Å²) in [5.74, 6) is 0. The van der Waals surface area contributed by atoms with Gasteiger partial charge in [0.05, 0.1) is 0 Å². The molecule has 0 aliphatic rings. The Labute approximate surface area is 408 Å². The molecule has 0 radical (unpaired) electrons. The molecule has 0 unspecified atom stereocenters. The average molecular weight is 2510 g/mol. The normalized spacial score (nSPS) is 0.128. The monoisotopic (exact) mass is 2510 g/mol. The Morgan fingerprint density at radius 2 is 0.106 bits per heavy atom. The zero-order chi connectivity index (χ0) is 2.00. The van der Waals surface area contributed by atoms with Gasteiger partial charge >= 0.3 is 0 Å². The minimum absolute atomic E-state index is 0. The third-order valence-electron chi connectivity index (χ3n) is 0. The third kappa shape index (κ3) is 4300. The minimum atomic E-state index is 0. The second-order valence-corrected chi connectivity index (χ2v) is 0. The first-order chi connectivity index (χ1) is 1.00. The summed E-state index contributed by atoms with van der Waals surface area (Å²) in [7, 11) is 0. The molecule has 0 aliphatic carbocycles. The van der Waals surface area contributed by atoms with Gasteiger partial charge in [0.2, 0.25) is 0 Å². The van der Waals surface area contributed by atoms with E-state index in [0.717, 1.165) is 0 Å². The van der Waals surface area contributed by atoms with Crippen LogP contribution < -0.4 is 0 Å². The largest absolute Gasteiger partial charge is 0.457 e. The molecule has 0 bridgehead atoms. The topological polar surface area (TPSA) is 1150 Å². The second kappa shape index (κ2) is 4470. The van der Waals surface area contributed by atoms with E-state index in [1.807, 2.05) is 0 Å². The maximum Gasteiger partial charge on any atom is 0 e. The van der Waals surface area contributed by atoms with Crippen LogP contribution in [-0.4, -0.2) is 180 Å². The van der Waals surface area contributed by atoms with E-state index in [9.17, 15) is 0 Å². The van der Waals surface area contributed by atoms with E-state index in [1.165, 1.54) is 0 Å². The van der Waals surface area contributed by atoms with Crippen molar-refractivity contribution < 1.29 is 413 Å². The van der Waals surface area contributed by atoms with Gasteiger partial charge < -0.3 is 192 Å². The fourth-order valence-corrected chi connectivity index (χ4v) is 0. The van der Waals surface area contributed by atoms with Crippen molar-refractivity contribution in [2.45, 2.75) is 0 Å². The summed E-state index contributed by atoms with van der Waals surface area (Å²) in [6, 6.07) is 0. The van der Waals surface area contributed by atoms with Crippen LogP contribution in [0.5, 0.6) is 0 Å². The minimum Gasteiger partial charge on any atom is -0.457 e. The Balaban J connectivity index is -0.00000000000505. The summed E-state index contributed by atoms with van der Waals surface area (Å²) in [4.78, 5) is 0. The standard InChI is InChI=1S/H4O2.35H2O.10W/c1-2;;;;;;;;;;;;;;;;;;;;;;;;;;;;;;;;;;;;;;;;;;;;;/h1-2H2;35*1H2;;;;;;;;;;/q+2;;;;;;;;;;;;;;;;;;;;;;;;;;;;;;;;;;;;;;;;;;;;;/p+4. The van der Waals surface area contributed by atoms with Gasteiger partial charge in [0.25, 0.3) is 0 Å². The molecule has 0 atom stereocenters. The predicted molar refractivity (Wildman–Crippen MR) is 139 cm³/mol. The van der Waals surface area contributed by atoms with Crippen molar-refractivity contribution >= 4 is 0 Å². The predicted octanol–water partition coefficient (Wildman–Crippen LogP) is -30.9. The van der Waals surface area contributed by atoms with Crippen LogP contribution in [-0.2, 0) is 233 Å². The third-order valence-corrected chi connectivity index (χ3v) is 0. The number of rotatable bonds is 0. The van der Waals surface area contributed by atoms with Crippen molar-refractivity contribution in [1.82, 2.24) is 0 Å². The summed E-state index contributed by atoms with van der Waals surface area (Å²) >= 11 is 0. The fourth-order valence-electron chi connectivity index (χ4n) is 0. The van der Waals surface area contributed by atoms with Crippen molar-refractivity contribution in [2.24, 2.45) is 0 Å². The molecule has 0 amide bonds. The summed E-state index contributed by atoms with van der Waals surface area (Å²) in [6.45, 7) is 0. The van der Waals surface area contributed by atoms with Crippen molar-refractivity contribution in [3.63, 3.8) is 0 Å². The van der Waals surface area contributed by atoms with Crippen LogP contribution >= 0.6 is 0 Å². The Morgan fingerprint density at radius 3 is 0.106 bits per heavy atom. The van der Waals surface area contributed by atoms with Crippen molar-refractivity contribution in [3.05, 3.63) is 0 Å². The Hall–Kier alpha value is 5.40. The van der Waals surface area contributed by atoms with E-state index in [0.29, 0.717) is 0 Å². The van der Waals surface area contributed by atoms with Gasteiger partial charge in [-0.25, -0.2) is 0 Å². The van der Waals surface area contributed by atoms with Crippen LogP contribution in [0.1, 0.15) is 0 Å². The van der Waals surface area contributed by atoms with Crippen LogP contribution in [0.3, 0.4) is 0 Å². The molecule has 0 spiro atoms. The van der Waals surface area contributed by atoms with E-state index in [4.69, 9.17) is 10.5 Å². The van der Waals surface area contributed by atoms with Gasteiger partial charge in [-0.1, -0.05) is 0 Å². The van der Waals surface area contributed by atoms with E-state index >= 15 is 0 Å². The molecule has 0 aromatic carbocycles. The summed E-state index contributed by atoms with van der Waals surface area (Å²) in [5, 5.41) is 10.0. The molecule has 37 nitrogen and oxygen atoms in total. The molecule has 47 heteroatoms. The van der Waals surface area contributed by atoms with Gasteiger partial charge in [0.15, 0.2) is 0 Å². The molecule has 0 rings (SSSR count). The zero-order valence-electron chi connectivity index (χ0n) is 22.9. The van der Waals surface area contributed by atoms with Gasteiger partial charge in [-0.2, -0.15) is 10.5 Å². The van der Waals surface area contributed by atoms with E-state index in [1.54, 1.807) is 0 Å². The van der Waals surface area contributed by atoms with Crippen molar-refractivity contribution in [3.8, 4) is 0 Å². The van der Waals surface area contributed by atoms with E-state index in [-0.39, 0.29) is 402 Å². The quantitative estimate of drug-likeness (QED) is 0.124. The van der Waals surface area contributed by atoms with Gasteiger partial charge in [0, 0.05) is 211 Å². The van der Waals surface area contributed by atoms with Crippen molar-refractivity contribution in [1.29, 1.82) is 0 Å². The molecule has 47 heavy (non-hydrogen) atoms. The first-order valence-electron chi connectivity index (χ1n) is 0.250. The maximum atomic E-state index is 5.00. The summed E-state index contributed by atoms with van der Waals surface area (Å²) < 4.78 is 0. The first-order valence-corrected chi connectivity index (χ1v) is 0.250. The van der Waals surface area contributed by atoms with E-state index < -0.39 is 0 Å². The molecule has 0 aromatic rings. The maximum absolute atomic E-state index is 5.00. The number of hydrogen-bond acceptors (Lipinski definition) is 0. The molecule has 354 valence electrons. The fraction of sp³-hybridized carbons (Fsp3) is 0. The molecular formula is H78O37W10+6. The molecule has 0 aromatic heterocycles. The molecule has 0 saturated heterocycles. The van der Waals surface area contributed by atoms with Crippen LogP contribution in [0, 0.1) is 0 Å². The number of hydrogen-bond donors (Lipinski definition) is 0. The molecule has 0 aliphatic heterocycles. The SMILES string of the molecule is O.O.O.O.O.O.O.O.O.O.O.O.O.O.O.O.O.O.O.O.O.O.O.O.O.O.O.O.O.O.O.[OH2+][OH2+].[OH3+].[OH3+].[OH3+].[OH3+].[W].[W].[W].[W].[W].[W].[W].[W].[W].[W].